The van der Waals surface area contributed by atoms with Crippen LogP contribution >= 0.6 is 22.6 Å². The number of hydrogen-bond acceptors (Lipinski definition) is 1. The lowest BCUT2D eigenvalue weighted by Gasteiger charge is -2.22. The molecule has 10 heavy (non-hydrogen) atoms. The number of nitrogens with one attached hydrogen (secondary N) is 1. The SMILES string of the molecule is ICC1CC12CCNCC2. The number of halogens is 1. The van der Waals surface area contributed by atoms with Crippen molar-refractivity contribution in [3.8, 4) is 0 Å². The molecule has 1 spiro atoms. The summed E-state index contributed by atoms with van der Waals surface area (Å²) in [5.41, 5.74) is 0.826. The lowest BCUT2D eigenvalue weighted by Crippen LogP contribution is -2.29. The topological polar surface area (TPSA) is 12.0 Å². The molecule has 58 valence electrons. The van der Waals surface area contributed by atoms with Gasteiger partial charge in [-0.15, -0.1) is 0 Å². The van der Waals surface area contributed by atoms with Crippen molar-refractivity contribution in [1.82, 2.24) is 5.32 Å². The molecule has 1 saturated heterocycles. The van der Waals surface area contributed by atoms with E-state index in [9.17, 15) is 0 Å². The Hall–Kier alpha value is 0.690. The summed E-state index contributed by atoms with van der Waals surface area (Å²) in [5.74, 6) is 1.08. The van der Waals surface area contributed by atoms with Crippen molar-refractivity contribution in [2.75, 3.05) is 17.5 Å². The fourth-order valence-electron chi connectivity index (χ4n) is 2.19. The van der Waals surface area contributed by atoms with Gasteiger partial charge in [0.25, 0.3) is 0 Å². The van der Waals surface area contributed by atoms with Gasteiger partial charge in [-0.2, -0.15) is 0 Å². The molecule has 1 saturated carbocycles. The Bertz CT molecular complexity index is 129. The average molecular weight is 251 g/mol. The van der Waals surface area contributed by atoms with E-state index in [4.69, 9.17) is 0 Å². The Morgan fingerprint density at radius 2 is 2.10 bits per heavy atom. The summed E-state index contributed by atoms with van der Waals surface area (Å²) in [6.07, 6.45) is 4.42. The van der Waals surface area contributed by atoms with Gasteiger partial charge in [0.05, 0.1) is 0 Å². The van der Waals surface area contributed by atoms with E-state index in [1.165, 1.54) is 36.8 Å². The number of piperidine rings is 1. The van der Waals surface area contributed by atoms with Crippen LogP contribution in [-0.4, -0.2) is 17.5 Å². The molecule has 1 N–H and O–H groups in total. The van der Waals surface area contributed by atoms with Crippen molar-refractivity contribution in [2.24, 2.45) is 11.3 Å². The molecule has 1 aliphatic heterocycles. The van der Waals surface area contributed by atoms with Gasteiger partial charge in [0.15, 0.2) is 0 Å². The van der Waals surface area contributed by atoms with Crippen LogP contribution in [0.5, 0.6) is 0 Å². The van der Waals surface area contributed by atoms with E-state index in [-0.39, 0.29) is 0 Å². The molecule has 2 fully saturated rings. The molecule has 1 unspecified atom stereocenters. The van der Waals surface area contributed by atoms with Crippen LogP contribution in [0.4, 0.5) is 0 Å². The zero-order valence-electron chi connectivity index (χ0n) is 6.20. The first-order valence-corrected chi connectivity index (χ1v) is 5.67. The van der Waals surface area contributed by atoms with Crippen LogP contribution in [0, 0.1) is 11.3 Å². The van der Waals surface area contributed by atoms with E-state index in [1.54, 1.807) is 0 Å². The number of hydrogen-bond donors (Lipinski definition) is 1. The largest absolute Gasteiger partial charge is 0.317 e. The predicted molar refractivity (Wildman–Crippen MR) is 51.5 cm³/mol. The van der Waals surface area contributed by atoms with Gasteiger partial charge in [-0.3, -0.25) is 0 Å². The van der Waals surface area contributed by atoms with Crippen molar-refractivity contribution < 1.29 is 0 Å². The molecule has 2 aliphatic rings. The maximum absolute atomic E-state index is 3.42. The zero-order valence-corrected chi connectivity index (χ0v) is 8.36. The number of alkyl halides is 1. The summed E-state index contributed by atoms with van der Waals surface area (Å²) in [7, 11) is 0. The Kier molecular flexibility index (Phi) is 1.93. The monoisotopic (exact) mass is 251 g/mol. The van der Waals surface area contributed by atoms with Gasteiger partial charge in [-0.25, -0.2) is 0 Å². The van der Waals surface area contributed by atoms with Gasteiger partial charge < -0.3 is 5.32 Å². The van der Waals surface area contributed by atoms with Crippen LogP contribution in [0.25, 0.3) is 0 Å². The minimum atomic E-state index is 0.826. The van der Waals surface area contributed by atoms with E-state index < -0.39 is 0 Å². The number of rotatable bonds is 1. The maximum atomic E-state index is 3.42. The summed E-state index contributed by atoms with van der Waals surface area (Å²) >= 11 is 2.53. The highest BCUT2D eigenvalue weighted by Crippen LogP contribution is 2.59. The Morgan fingerprint density at radius 1 is 1.40 bits per heavy atom. The molecule has 2 rings (SSSR count). The molecule has 1 aliphatic carbocycles. The predicted octanol–water partition coefficient (Wildman–Crippen LogP) is 1.81. The third kappa shape index (κ3) is 1.09. The fraction of sp³-hybridized carbons (Fsp3) is 1.00. The van der Waals surface area contributed by atoms with Crippen molar-refractivity contribution in [1.29, 1.82) is 0 Å². The standard InChI is InChI=1S/C8H14IN/c9-6-7-5-8(7)1-3-10-4-2-8/h7,10H,1-6H2. The van der Waals surface area contributed by atoms with Crippen LogP contribution in [0.15, 0.2) is 0 Å². The van der Waals surface area contributed by atoms with Crippen molar-refractivity contribution >= 4 is 22.6 Å². The molecule has 1 atom stereocenters. The van der Waals surface area contributed by atoms with Crippen LogP contribution < -0.4 is 5.32 Å². The van der Waals surface area contributed by atoms with Gasteiger partial charge in [-0.05, 0) is 43.7 Å². The molecule has 1 heterocycles. The first-order chi connectivity index (χ1) is 4.87. The molecule has 0 amide bonds. The summed E-state index contributed by atoms with van der Waals surface area (Å²) in [4.78, 5) is 0. The third-order valence-electron chi connectivity index (χ3n) is 3.14. The quantitative estimate of drug-likeness (QED) is 0.553. The minimum Gasteiger partial charge on any atom is -0.317 e. The average Bonchev–Trinajstić information content (AvgIpc) is 2.65. The van der Waals surface area contributed by atoms with E-state index in [0.717, 1.165) is 11.3 Å². The molecule has 0 radical (unpaired) electrons. The second-order valence-electron chi connectivity index (χ2n) is 3.67. The lowest BCUT2D eigenvalue weighted by atomic mass is 9.92. The maximum Gasteiger partial charge on any atom is 0.00292 e. The molecule has 0 aromatic heterocycles. The minimum absolute atomic E-state index is 0.826. The van der Waals surface area contributed by atoms with Crippen LogP contribution in [0.3, 0.4) is 0 Å². The van der Waals surface area contributed by atoms with Crippen LogP contribution in [0.1, 0.15) is 19.3 Å². The second-order valence-corrected chi connectivity index (χ2v) is 4.55. The summed E-state index contributed by atoms with van der Waals surface area (Å²) in [5, 5.41) is 3.42. The molecule has 0 bridgehead atoms. The zero-order chi connectivity index (χ0) is 7.03. The van der Waals surface area contributed by atoms with E-state index in [2.05, 4.69) is 27.9 Å². The Balaban J connectivity index is 1.92. The van der Waals surface area contributed by atoms with Crippen molar-refractivity contribution in [3.63, 3.8) is 0 Å². The van der Waals surface area contributed by atoms with Crippen molar-refractivity contribution in [2.45, 2.75) is 19.3 Å². The van der Waals surface area contributed by atoms with Gasteiger partial charge in [-0.1, -0.05) is 22.6 Å². The van der Waals surface area contributed by atoms with Gasteiger partial charge in [0.1, 0.15) is 0 Å². The summed E-state index contributed by atoms with van der Waals surface area (Å²) in [6, 6.07) is 0. The highest BCUT2D eigenvalue weighted by molar-refractivity contribution is 14.1. The molecule has 2 heteroatoms. The van der Waals surface area contributed by atoms with Gasteiger partial charge in [0.2, 0.25) is 0 Å². The molecule has 0 aromatic rings. The summed E-state index contributed by atoms with van der Waals surface area (Å²) < 4.78 is 1.39. The Morgan fingerprint density at radius 3 is 2.60 bits per heavy atom. The second kappa shape index (κ2) is 2.63. The highest BCUT2D eigenvalue weighted by atomic mass is 127. The van der Waals surface area contributed by atoms with E-state index >= 15 is 0 Å². The first-order valence-electron chi connectivity index (χ1n) is 4.14. The highest BCUT2D eigenvalue weighted by Gasteiger charge is 2.52. The van der Waals surface area contributed by atoms with Gasteiger partial charge in [0, 0.05) is 4.43 Å². The third-order valence-corrected chi connectivity index (χ3v) is 4.21. The smallest absolute Gasteiger partial charge is 0.00292 e. The first kappa shape index (κ1) is 7.35. The van der Waals surface area contributed by atoms with Crippen molar-refractivity contribution in [3.05, 3.63) is 0 Å². The fourth-order valence-corrected chi connectivity index (χ4v) is 3.43. The molecular weight excluding hydrogens is 237 g/mol. The molecule has 1 nitrogen and oxygen atoms in total. The normalized spacial score (nSPS) is 36.3. The van der Waals surface area contributed by atoms with Crippen LogP contribution in [-0.2, 0) is 0 Å². The van der Waals surface area contributed by atoms with Gasteiger partial charge >= 0.3 is 0 Å². The lowest BCUT2D eigenvalue weighted by molar-refractivity contribution is 0.331. The van der Waals surface area contributed by atoms with Crippen LogP contribution in [0.2, 0.25) is 0 Å². The Labute approximate surface area is 76.1 Å². The summed E-state index contributed by atoms with van der Waals surface area (Å²) in [6.45, 7) is 2.54. The van der Waals surface area contributed by atoms with E-state index in [0.29, 0.717) is 0 Å². The molecule has 0 aromatic carbocycles. The molecular formula is C8H14IN. The van der Waals surface area contributed by atoms with E-state index in [1.807, 2.05) is 0 Å².